The summed E-state index contributed by atoms with van der Waals surface area (Å²) in [6, 6.07) is 5.05. The van der Waals surface area contributed by atoms with Gasteiger partial charge in [-0.25, -0.2) is 14.6 Å². The largest absolute Gasteiger partial charge is 0.477 e. The fourth-order valence-corrected chi connectivity index (χ4v) is 2.48. The van der Waals surface area contributed by atoms with Gasteiger partial charge in [-0.2, -0.15) is 0 Å². The van der Waals surface area contributed by atoms with Crippen molar-refractivity contribution in [3.8, 4) is 0 Å². The molecule has 0 bridgehead atoms. The lowest BCUT2D eigenvalue weighted by Gasteiger charge is -2.33. The first kappa shape index (κ1) is 16.3. The average Bonchev–Trinajstić information content (AvgIpc) is 2.46. The molecule has 120 valence electrons. The molecule has 0 aromatic carbocycles. The Bertz CT molecular complexity index is 558. The zero-order chi connectivity index (χ0) is 16.3. The number of rotatable bonds is 2. The van der Waals surface area contributed by atoms with Gasteiger partial charge < -0.3 is 14.7 Å². The molecule has 0 atom stereocenters. The summed E-state index contributed by atoms with van der Waals surface area (Å²) in [5.41, 5.74) is 0.349. The smallest absolute Gasteiger partial charge is 0.410 e. The minimum Gasteiger partial charge on any atom is -0.477 e. The van der Waals surface area contributed by atoms with Crippen molar-refractivity contribution in [3.63, 3.8) is 0 Å². The molecule has 1 aliphatic heterocycles. The Morgan fingerprint density at radius 3 is 2.45 bits per heavy atom. The van der Waals surface area contributed by atoms with Crippen LogP contribution in [0.1, 0.15) is 55.7 Å². The summed E-state index contributed by atoms with van der Waals surface area (Å²) in [6.07, 6.45) is 1.23. The van der Waals surface area contributed by atoms with Crippen molar-refractivity contribution in [1.29, 1.82) is 0 Å². The van der Waals surface area contributed by atoms with E-state index in [0.717, 1.165) is 18.5 Å². The maximum absolute atomic E-state index is 12.0. The molecular formula is C16H22N2O4. The van der Waals surface area contributed by atoms with Crippen LogP contribution in [0.3, 0.4) is 0 Å². The average molecular weight is 306 g/mol. The number of aromatic carboxylic acids is 1. The normalized spacial score (nSPS) is 16.4. The number of likely N-dealkylation sites (tertiary alicyclic amines) is 1. The number of nitrogens with zero attached hydrogens (tertiary/aromatic N) is 2. The Hall–Kier alpha value is -2.11. The molecule has 1 fully saturated rings. The van der Waals surface area contributed by atoms with E-state index in [1.165, 1.54) is 6.07 Å². The van der Waals surface area contributed by atoms with Crippen molar-refractivity contribution in [2.24, 2.45) is 0 Å². The second kappa shape index (κ2) is 6.34. The van der Waals surface area contributed by atoms with Crippen LogP contribution in [0, 0.1) is 0 Å². The molecule has 6 heteroatoms. The highest BCUT2D eigenvalue weighted by atomic mass is 16.6. The first-order valence-electron chi connectivity index (χ1n) is 7.44. The summed E-state index contributed by atoms with van der Waals surface area (Å²) >= 11 is 0. The predicted molar refractivity (Wildman–Crippen MR) is 81.0 cm³/mol. The zero-order valence-electron chi connectivity index (χ0n) is 13.2. The van der Waals surface area contributed by atoms with E-state index in [0.29, 0.717) is 13.1 Å². The Kier molecular flexibility index (Phi) is 4.68. The van der Waals surface area contributed by atoms with Crippen molar-refractivity contribution in [2.75, 3.05) is 13.1 Å². The van der Waals surface area contributed by atoms with Gasteiger partial charge in [0.05, 0.1) is 0 Å². The van der Waals surface area contributed by atoms with E-state index in [1.807, 2.05) is 26.8 Å². The number of aromatic nitrogens is 1. The van der Waals surface area contributed by atoms with E-state index in [9.17, 15) is 9.59 Å². The summed E-state index contributed by atoms with van der Waals surface area (Å²) in [6.45, 7) is 6.73. The van der Waals surface area contributed by atoms with Gasteiger partial charge in [0.25, 0.3) is 0 Å². The van der Waals surface area contributed by atoms with Gasteiger partial charge in [0, 0.05) is 24.7 Å². The standard InChI is InChI=1S/C16H22N2O4/c1-16(2,3)22-15(21)18-9-7-11(8-10-18)12-5-4-6-13(17-12)14(19)20/h4-6,11H,7-10H2,1-3H3,(H,19,20). The number of piperidine rings is 1. The quantitative estimate of drug-likeness (QED) is 0.908. The van der Waals surface area contributed by atoms with Gasteiger partial charge in [-0.15, -0.1) is 0 Å². The van der Waals surface area contributed by atoms with Crippen LogP contribution in [0.15, 0.2) is 18.2 Å². The lowest BCUT2D eigenvalue weighted by molar-refractivity contribution is 0.0204. The number of carbonyl (C=O) groups is 2. The Balaban J connectivity index is 1.96. The number of hydrogen-bond donors (Lipinski definition) is 1. The third-order valence-electron chi connectivity index (χ3n) is 3.55. The van der Waals surface area contributed by atoms with E-state index in [2.05, 4.69) is 4.98 Å². The number of carboxylic acids is 1. The van der Waals surface area contributed by atoms with Gasteiger partial charge in [0.1, 0.15) is 11.3 Å². The van der Waals surface area contributed by atoms with Crippen molar-refractivity contribution in [2.45, 2.75) is 45.1 Å². The van der Waals surface area contributed by atoms with Crippen molar-refractivity contribution in [3.05, 3.63) is 29.6 Å². The first-order chi connectivity index (χ1) is 10.3. The van der Waals surface area contributed by atoms with E-state index in [4.69, 9.17) is 9.84 Å². The molecule has 0 radical (unpaired) electrons. The molecule has 0 unspecified atom stereocenters. The third kappa shape index (κ3) is 4.19. The van der Waals surface area contributed by atoms with E-state index < -0.39 is 11.6 Å². The predicted octanol–water partition coefficient (Wildman–Crippen LogP) is 2.89. The summed E-state index contributed by atoms with van der Waals surface area (Å²) < 4.78 is 5.36. The molecule has 1 saturated heterocycles. The lowest BCUT2D eigenvalue weighted by Crippen LogP contribution is -2.41. The summed E-state index contributed by atoms with van der Waals surface area (Å²) in [5.74, 6) is -0.842. The third-order valence-corrected chi connectivity index (χ3v) is 3.55. The van der Waals surface area contributed by atoms with Crippen LogP contribution < -0.4 is 0 Å². The van der Waals surface area contributed by atoms with Crippen molar-refractivity contribution in [1.82, 2.24) is 9.88 Å². The second-order valence-corrected chi connectivity index (χ2v) is 6.49. The van der Waals surface area contributed by atoms with Gasteiger partial charge in [-0.1, -0.05) is 6.07 Å². The molecule has 2 heterocycles. The maximum atomic E-state index is 12.0. The molecule has 0 spiro atoms. The number of pyridine rings is 1. The van der Waals surface area contributed by atoms with E-state index >= 15 is 0 Å². The van der Waals surface area contributed by atoms with Crippen LogP contribution in [0.5, 0.6) is 0 Å². The second-order valence-electron chi connectivity index (χ2n) is 6.49. The summed E-state index contributed by atoms with van der Waals surface area (Å²) in [5, 5.41) is 9.00. The molecule has 1 aromatic heterocycles. The first-order valence-corrected chi connectivity index (χ1v) is 7.44. The molecule has 0 aliphatic carbocycles. The van der Waals surface area contributed by atoms with Crippen molar-refractivity contribution >= 4 is 12.1 Å². The number of amides is 1. The Labute approximate surface area is 130 Å². The molecule has 6 nitrogen and oxygen atoms in total. The minimum absolute atomic E-state index is 0.0621. The fourth-order valence-electron chi connectivity index (χ4n) is 2.48. The van der Waals surface area contributed by atoms with Gasteiger partial charge >= 0.3 is 12.1 Å². The molecule has 1 aliphatic rings. The minimum atomic E-state index is -1.02. The van der Waals surface area contributed by atoms with Crippen LogP contribution in [0.2, 0.25) is 0 Å². The van der Waals surface area contributed by atoms with Crippen LogP contribution in [-0.4, -0.2) is 45.7 Å². The Morgan fingerprint density at radius 2 is 1.91 bits per heavy atom. The molecule has 1 N–H and O–H groups in total. The summed E-state index contributed by atoms with van der Waals surface area (Å²) in [4.78, 5) is 28.9. The van der Waals surface area contributed by atoms with E-state index in [1.54, 1.807) is 11.0 Å². The SMILES string of the molecule is CC(C)(C)OC(=O)N1CCC(c2cccc(C(=O)O)n2)CC1. The number of ether oxygens (including phenoxy) is 1. The number of hydrogen-bond acceptors (Lipinski definition) is 4. The summed E-state index contributed by atoms with van der Waals surface area (Å²) in [7, 11) is 0. The van der Waals surface area contributed by atoms with E-state index in [-0.39, 0.29) is 17.7 Å². The van der Waals surface area contributed by atoms with Gasteiger partial charge in [0.15, 0.2) is 0 Å². The topological polar surface area (TPSA) is 79.7 Å². The highest BCUT2D eigenvalue weighted by Crippen LogP contribution is 2.27. The Morgan fingerprint density at radius 1 is 1.27 bits per heavy atom. The van der Waals surface area contributed by atoms with Gasteiger partial charge in [-0.3, -0.25) is 0 Å². The van der Waals surface area contributed by atoms with Crippen LogP contribution in [0.25, 0.3) is 0 Å². The fraction of sp³-hybridized carbons (Fsp3) is 0.562. The maximum Gasteiger partial charge on any atom is 0.410 e. The highest BCUT2D eigenvalue weighted by molar-refractivity contribution is 5.85. The number of carboxylic acid groups (broad SMARTS) is 1. The molecule has 2 rings (SSSR count). The molecular weight excluding hydrogens is 284 g/mol. The highest BCUT2D eigenvalue weighted by Gasteiger charge is 2.28. The lowest BCUT2D eigenvalue weighted by atomic mass is 9.93. The monoisotopic (exact) mass is 306 g/mol. The van der Waals surface area contributed by atoms with Crippen LogP contribution in [0.4, 0.5) is 4.79 Å². The molecule has 1 amide bonds. The molecule has 1 aromatic rings. The number of carbonyl (C=O) groups excluding carboxylic acids is 1. The van der Waals surface area contributed by atoms with Crippen LogP contribution >= 0.6 is 0 Å². The van der Waals surface area contributed by atoms with Crippen molar-refractivity contribution < 1.29 is 19.4 Å². The molecule has 22 heavy (non-hydrogen) atoms. The van der Waals surface area contributed by atoms with Gasteiger partial charge in [0.2, 0.25) is 0 Å². The van der Waals surface area contributed by atoms with Crippen LogP contribution in [-0.2, 0) is 4.74 Å². The molecule has 0 saturated carbocycles. The zero-order valence-corrected chi connectivity index (χ0v) is 13.2. The van der Waals surface area contributed by atoms with Gasteiger partial charge in [-0.05, 0) is 45.7 Å².